The second-order valence-electron chi connectivity index (χ2n) is 11.7. The van der Waals surface area contributed by atoms with Crippen LogP contribution in [0.5, 0.6) is 0 Å². The lowest BCUT2D eigenvalue weighted by molar-refractivity contribution is 0.487. The van der Waals surface area contributed by atoms with Gasteiger partial charge in [-0.3, -0.25) is 0 Å². The lowest BCUT2D eigenvalue weighted by Gasteiger charge is -2.39. The van der Waals surface area contributed by atoms with Gasteiger partial charge in [-0.15, -0.1) is 0 Å². The van der Waals surface area contributed by atoms with Crippen LogP contribution in [0.2, 0.25) is 0 Å². The summed E-state index contributed by atoms with van der Waals surface area (Å²) < 4.78 is 0. The highest BCUT2D eigenvalue weighted by Crippen LogP contribution is 2.56. The molecule has 0 heterocycles. The van der Waals surface area contributed by atoms with E-state index in [1.54, 1.807) is 5.30 Å². The molecule has 1 nitrogen and oxygen atoms in total. The maximum absolute atomic E-state index is 2.48. The molecule has 0 bridgehead atoms. The Morgan fingerprint density at radius 3 is 1.43 bits per heavy atom. The van der Waals surface area contributed by atoms with Crippen LogP contribution in [0, 0.1) is 0 Å². The summed E-state index contributed by atoms with van der Waals surface area (Å²) in [6, 6.07) is 39.4. The highest BCUT2D eigenvalue weighted by Gasteiger charge is 2.33. The van der Waals surface area contributed by atoms with Gasteiger partial charge >= 0.3 is 0 Å². The number of anilines is 1. The molecular weight excluding hydrogens is 501 g/mol. The van der Waals surface area contributed by atoms with E-state index in [0.29, 0.717) is 0 Å². The van der Waals surface area contributed by atoms with Gasteiger partial charge in [-0.05, 0) is 65.1 Å². The molecule has 2 aliphatic carbocycles. The lowest BCUT2D eigenvalue weighted by atomic mass is 9.99. The standard InChI is InChI=1S/C24H31P.C14H15N/c1-4-12-20(13-5-1)23-18-10-11-19-24(23)25(21-14-6-2-7-15-21)22-16-8-3-9-17-22;1-15(2)14-11-7-6-10-13(14)12-8-4-3-5-9-12/h1,4-5,10-13,18-19,21-22H,2-3,6-9,14-17H2;3-11H,1-2H3. The molecule has 0 radical (unpaired) electrons. The first-order chi connectivity index (χ1) is 19.7. The Kier molecular flexibility index (Phi) is 10.5. The van der Waals surface area contributed by atoms with Crippen molar-refractivity contribution in [1.29, 1.82) is 0 Å². The van der Waals surface area contributed by atoms with Crippen molar-refractivity contribution >= 4 is 18.9 Å². The predicted molar refractivity (Wildman–Crippen MR) is 178 cm³/mol. The molecule has 0 aromatic heterocycles. The van der Waals surface area contributed by atoms with Gasteiger partial charge in [0.2, 0.25) is 0 Å². The summed E-state index contributed by atoms with van der Waals surface area (Å²) in [5.74, 6) is 0. The average Bonchev–Trinajstić information content (AvgIpc) is 3.04. The second-order valence-corrected chi connectivity index (χ2v) is 14.4. The first-order valence-corrected chi connectivity index (χ1v) is 16.9. The molecule has 0 N–H and O–H groups in total. The number of rotatable bonds is 6. The molecule has 208 valence electrons. The molecule has 0 spiro atoms. The monoisotopic (exact) mass is 547 g/mol. The Labute approximate surface area is 244 Å². The lowest BCUT2D eigenvalue weighted by Crippen LogP contribution is -2.27. The molecule has 6 rings (SSSR count). The van der Waals surface area contributed by atoms with E-state index < -0.39 is 0 Å². The van der Waals surface area contributed by atoms with Gasteiger partial charge in [0, 0.05) is 25.3 Å². The van der Waals surface area contributed by atoms with Crippen molar-refractivity contribution < 1.29 is 0 Å². The van der Waals surface area contributed by atoms with Crippen LogP contribution < -0.4 is 10.2 Å². The molecule has 2 heteroatoms. The minimum Gasteiger partial charge on any atom is -0.377 e. The zero-order valence-electron chi connectivity index (χ0n) is 24.5. The van der Waals surface area contributed by atoms with E-state index >= 15 is 0 Å². The van der Waals surface area contributed by atoms with Crippen LogP contribution in [-0.2, 0) is 0 Å². The Morgan fingerprint density at radius 2 is 0.900 bits per heavy atom. The van der Waals surface area contributed by atoms with Crippen LogP contribution in [0.15, 0.2) is 109 Å². The Morgan fingerprint density at radius 1 is 0.475 bits per heavy atom. The van der Waals surface area contributed by atoms with Crippen LogP contribution in [0.1, 0.15) is 64.2 Å². The Balaban J connectivity index is 0.000000184. The van der Waals surface area contributed by atoms with Crippen molar-refractivity contribution in [3.8, 4) is 22.3 Å². The number of benzene rings is 4. The van der Waals surface area contributed by atoms with Crippen molar-refractivity contribution in [2.45, 2.75) is 75.5 Å². The van der Waals surface area contributed by atoms with Crippen molar-refractivity contribution in [3.63, 3.8) is 0 Å². The smallest absolute Gasteiger partial charge is 0.0440 e. The van der Waals surface area contributed by atoms with Gasteiger partial charge < -0.3 is 4.90 Å². The molecule has 4 aromatic rings. The van der Waals surface area contributed by atoms with Crippen molar-refractivity contribution in [2.75, 3.05) is 19.0 Å². The van der Waals surface area contributed by atoms with E-state index in [1.807, 2.05) is 6.07 Å². The summed E-state index contributed by atoms with van der Waals surface area (Å²) in [5.41, 5.74) is 8.67. The zero-order valence-corrected chi connectivity index (χ0v) is 25.4. The number of para-hydroxylation sites is 1. The molecule has 0 unspecified atom stereocenters. The highest BCUT2D eigenvalue weighted by molar-refractivity contribution is 7.67. The van der Waals surface area contributed by atoms with E-state index in [4.69, 9.17) is 0 Å². The van der Waals surface area contributed by atoms with Crippen molar-refractivity contribution in [2.24, 2.45) is 0 Å². The fraction of sp³-hybridized carbons (Fsp3) is 0.368. The third-order valence-electron chi connectivity index (χ3n) is 8.67. The highest BCUT2D eigenvalue weighted by atomic mass is 31.1. The van der Waals surface area contributed by atoms with E-state index in [0.717, 1.165) is 11.3 Å². The first kappa shape index (κ1) is 28.6. The van der Waals surface area contributed by atoms with Crippen LogP contribution >= 0.6 is 7.92 Å². The summed E-state index contributed by atoms with van der Waals surface area (Å²) in [4.78, 5) is 2.14. The number of hydrogen-bond donors (Lipinski definition) is 0. The molecular formula is C38H46NP. The summed E-state index contributed by atoms with van der Waals surface area (Å²) in [6.45, 7) is 0. The quantitative estimate of drug-likeness (QED) is 0.217. The largest absolute Gasteiger partial charge is 0.377 e. The van der Waals surface area contributed by atoms with E-state index in [1.165, 1.54) is 92.1 Å². The van der Waals surface area contributed by atoms with Gasteiger partial charge in [0.15, 0.2) is 0 Å². The SMILES string of the molecule is CN(C)c1ccccc1-c1ccccc1.c1ccc(-c2ccccc2P(C2CCCCC2)C2CCCCC2)cc1. The molecule has 2 aliphatic rings. The molecule has 40 heavy (non-hydrogen) atoms. The maximum Gasteiger partial charge on any atom is 0.0440 e. The summed E-state index contributed by atoms with van der Waals surface area (Å²) >= 11 is 0. The second kappa shape index (κ2) is 14.7. The third kappa shape index (κ3) is 7.24. The van der Waals surface area contributed by atoms with E-state index in [-0.39, 0.29) is 7.92 Å². The van der Waals surface area contributed by atoms with Gasteiger partial charge in [0.25, 0.3) is 0 Å². The average molecular weight is 548 g/mol. The normalized spacial score (nSPS) is 16.3. The third-order valence-corrected chi connectivity index (χ3v) is 12.2. The van der Waals surface area contributed by atoms with Crippen molar-refractivity contribution in [3.05, 3.63) is 109 Å². The van der Waals surface area contributed by atoms with Gasteiger partial charge in [-0.2, -0.15) is 0 Å². The van der Waals surface area contributed by atoms with Crippen LogP contribution in [-0.4, -0.2) is 25.4 Å². The Hall–Kier alpha value is -2.89. The molecule has 2 saturated carbocycles. The van der Waals surface area contributed by atoms with Gasteiger partial charge in [-0.1, -0.05) is 150 Å². The van der Waals surface area contributed by atoms with Gasteiger partial charge in [-0.25, -0.2) is 0 Å². The minimum atomic E-state index is -0.0365. The fourth-order valence-corrected chi connectivity index (χ4v) is 10.7. The predicted octanol–water partition coefficient (Wildman–Crippen LogP) is 10.5. The fourth-order valence-electron chi connectivity index (χ4n) is 6.70. The number of hydrogen-bond acceptors (Lipinski definition) is 1. The topological polar surface area (TPSA) is 3.24 Å². The van der Waals surface area contributed by atoms with Crippen LogP contribution in [0.4, 0.5) is 5.69 Å². The maximum atomic E-state index is 2.48. The van der Waals surface area contributed by atoms with Crippen LogP contribution in [0.25, 0.3) is 22.3 Å². The summed E-state index contributed by atoms with van der Waals surface area (Å²) in [5, 5.41) is 1.71. The number of nitrogens with zero attached hydrogens (tertiary/aromatic N) is 1. The molecule has 2 fully saturated rings. The molecule has 0 aliphatic heterocycles. The first-order valence-electron chi connectivity index (χ1n) is 15.5. The molecule has 4 aromatic carbocycles. The Bertz CT molecular complexity index is 1270. The molecule has 0 atom stereocenters. The summed E-state index contributed by atoms with van der Waals surface area (Å²) in [6.07, 6.45) is 14.7. The molecule has 0 amide bonds. The molecule has 0 saturated heterocycles. The van der Waals surface area contributed by atoms with Crippen LogP contribution in [0.3, 0.4) is 0 Å². The van der Waals surface area contributed by atoms with Gasteiger partial charge in [0.05, 0.1) is 0 Å². The van der Waals surface area contributed by atoms with E-state index in [9.17, 15) is 0 Å². The zero-order chi connectivity index (χ0) is 27.6. The van der Waals surface area contributed by atoms with Gasteiger partial charge in [0.1, 0.15) is 0 Å². The van der Waals surface area contributed by atoms with E-state index in [2.05, 4.69) is 122 Å². The summed E-state index contributed by atoms with van der Waals surface area (Å²) in [7, 11) is 4.11. The van der Waals surface area contributed by atoms with Crippen molar-refractivity contribution in [1.82, 2.24) is 0 Å². The minimum absolute atomic E-state index is 0.0365.